The standard InChI is InChI=1S/C45H41F/c1-43(2)39-22-21-36-34-10-6-5-9-28(34)13-19-37(36)41(39)38-20-15-31(26-40(38)43)30-14-18-35-32(25-30)27-44(3)23-7-8-24-45(44,4)42(35)29-11-16-33(46)17-12-29/h5-6,9-22,25-26,42H,7-8,23-24,27H2,1-4H3. The van der Waals surface area contributed by atoms with Gasteiger partial charge in [0, 0.05) is 11.3 Å². The third-order valence-corrected chi connectivity index (χ3v) is 12.8. The van der Waals surface area contributed by atoms with Gasteiger partial charge >= 0.3 is 0 Å². The smallest absolute Gasteiger partial charge is 0.123 e. The van der Waals surface area contributed by atoms with Crippen LogP contribution in [0.2, 0.25) is 0 Å². The van der Waals surface area contributed by atoms with E-state index < -0.39 is 0 Å². The van der Waals surface area contributed by atoms with E-state index in [2.05, 4.69) is 113 Å². The SMILES string of the molecule is CC1(C)c2cc(-c3ccc4c(c3)CC3(C)CCCCC3(C)C4c3ccc(F)cc3)ccc2-c2c1ccc1c2ccc2ccccc21. The lowest BCUT2D eigenvalue weighted by Gasteiger charge is -2.58. The molecule has 0 nitrogen and oxygen atoms in total. The number of benzene rings is 6. The first-order valence-electron chi connectivity index (χ1n) is 17.2. The van der Waals surface area contributed by atoms with Gasteiger partial charge in [-0.2, -0.15) is 0 Å². The molecule has 0 spiro atoms. The zero-order valence-electron chi connectivity index (χ0n) is 27.4. The van der Waals surface area contributed by atoms with Gasteiger partial charge in [0.2, 0.25) is 0 Å². The van der Waals surface area contributed by atoms with Gasteiger partial charge in [-0.1, -0.05) is 132 Å². The van der Waals surface area contributed by atoms with E-state index in [1.54, 1.807) is 12.1 Å². The van der Waals surface area contributed by atoms with Crippen molar-refractivity contribution in [1.82, 2.24) is 0 Å². The van der Waals surface area contributed by atoms with Crippen LogP contribution >= 0.6 is 0 Å². The molecule has 228 valence electrons. The Kier molecular flexibility index (Phi) is 5.88. The fraction of sp³-hybridized carbons (Fsp3) is 0.289. The van der Waals surface area contributed by atoms with Crippen molar-refractivity contribution >= 4 is 21.5 Å². The lowest BCUT2D eigenvalue weighted by molar-refractivity contribution is -0.00926. The van der Waals surface area contributed by atoms with E-state index in [1.807, 2.05) is 12.1 Å². The van der Waals surface area contributed by atoms with E-state index >= 15 is 0 Å². The molecule has 0 amide bonds. The Bertz CT molecular complexity index is 2200. The molecule has 0 bridgehead atoms. The largest absolute Gasteiger partial charge is 0.207 e. The minimum atomic E-state index is -0.158. The van der Waals surface area contributed by atoms with Crippen molar-refractivity contribution in [3.8, 4) is 22.3 Å². The van der Waals surface area contributed by atoms with Gasteiger partial charge in [-0.05, 0) is 120 Å². The highest BCUT2D eigenvalue weighted by atomic mass is 19.1. The minimum Gasteiger partial charge on any atom is -0.207 e. The number of rotatable bonds is 2. The molecule has 6 aromatic rings. The zero-order chi connectivity index (χ0) is 31.4. The normalized spacial score (nSPS) is 24.3. The summed E-state index contributed by atoms with van der Waals surface area (Å²) in [5.74, 6) is 0.115. The maximum absolute atomic E-state index is 14.1. The van der Waals surface area contributed by atoms with E-state index in [0.717, 1.165) is 6.42 Å². The lowest BCUT2D eigenvalue weighted by Crippen LogP contribution is -2.49. The number of fused-ring (bicyclic) bond motifs is 9. The van der Waals surface area contributed by atoms with Crippen molar-refractivity contribution in [2.45, 2.75) is 71.1 Å². The second-order valence-corrected chi connectivity index (χ2v) is 15.5. The molecule has 0 radical (unpaired) electrons. The second-order valence-electron chi connectivity index (χ2n) is 15.5. The van der Waals surface area contributed by atoms with Crippen molar-refractivity contribution < 1.29 is 4.39 Å². The van der Waals surface area contributed by atoms with Gasteiger partial charge in [0.1, 0.15) is 5.82 Å². The first-order chi connectivity index (χ1) is 22.2. The third-order valence-electron chi connectivity index (χ3n) is 12.8. The van der Waals surface area contributed by atoms with Crippen molar-refractivity contribution in [2.24, 2.45) is 10.8 Å². The topological polar surface area (TPSA) is 0 Å². The fourth-order valence-electron chi connectivity index (χ4n) is 10.1. The highest BCUT2D eigenvalue weighted by Gasteiger charge is 2.54. The van der Waals surface area contributed by atoms with Crippen LogP contribution in [-0.4, -0.2) is 0 Å². The van der Waals surface area contributed by atoms with Gasteiger partial charge in [0.25, 0.3) is 0 Å². The molecule has 3 aliphatic rings. The highest BCUT2D eigenvalue weighted by molar-refractivity contribution is 6.14. The van der Waals surface area contributed by atoms with Crippen LogP contribution in [0.5, 0.6) is 0 Å². The first kappa shape index (κ1) is 28.0. The van der Waals surface area contributed by atoms with Gasteiger partial charge in [0.15, 0.2) is 0 Å². The number of hydrogen-bond donors (Lipinski definition) is 0. The summed E-state index contributed by atoms with van der Waals surface area (Å²) in [5, 5.41) is 5.29. The van der Waals surface area contributed by atoms with Gasteiger partial charge in [-0.15, -0.1) is 0 Å². The fourth-order valence-corrected chi connectivity index (χ4v) is 10.1. The number of halogens is 1. The van der Waals surface area contributed by atoms with Crippen LogP contribution in [0, 0.1) is 16.6 Å². The molecule has 9 rings (SSSR count). The van der Waals surface area contributed by atoms with Crippen LogP contribution in [0.25, 0.3) is 43.8 Å². The molecule has 1 heteroatoms. The zero-order valence-corrected chi connectivity index (χ0v) is 27.4. The highest BCUT2D eigenvalue weighted by Crippen LogP contribution is 2.64. The summed E-state index contributed by atoms with van der Waals surface area (Å²) in [4.78, 5) is 0. The molecule has 0 aliphatic heterocycles. The van der Waals surface area contributed by atoms with Gasteiger partial charge < -0.3 is 0 Å². The van der Waals surface area contributed by atoms with E-state index in [0.29, 0.717) is 0 Å². The molecule has 46 heavy (non-hydrogen) atoms. The summed E-state index contributed by atoms with van der Waals surface area (Å²) in [6.07, 6.45) is 6.14. The Balaban J connectivity index is 1.18. The summed E-state index contributed by atoms with van der Waals surface area (Å²) in [5.41, 5.74) is 12.6. The van der Waals surface area contributed by atoms with E-state index in [4.69, 9.17) is 0 Å². The predicted octanol–water partition coefficient (Wildman–Crippen LogP) is 12.4. The van der Waals surface area contributed by atoms with Gasteiger partial charge in [-0.25, -0.2) is 4.39 Å². The third kappa shape index (κ3) is 3.78. The second kappa shape index (κ2) is 9.64. The van der Waals surface area contributed by atoms with Crippen molar-refractivity contribution in [3.05, 3.63) is 143 Å². The minimum absolute atomic E-state index is 0.0835. The molecule has 3 aliphatic carbocycles. The monoisotopic (exact) mass is 600 g/mol. The molecule has 0 aromatic heterocycles. The van der Waals surface area contributed by atoms with Crippen LogP contribution in [-0.2, 0) is 11.8 Å². The van der Waals surface area contributed by atoms with Crippen LogP contribution in [0.3, 0.4) is 0 Å². The Labute approximate surface area is 272 Å². The molecule has 0 saturated heterocycles. The van der Waals surface area contributed by atoms with Crippen LogP contribution in [0.1, 0.15) is 87.1 Å². The van der Waals surface area contributed by atoms with Crippen LogP contribution in [0.4, 0.5) is 4.39 Å². The molecule has 3 atom stereocenters. The molecule has 3 unspecified atom stereocenters. The summed E-state index contributed by atoms with van der Waals surface area (Å²) in [6.45, 7) is 9.82. The molecule has 1 fully saturated rings. The van der Waals surface area contributed by atoms with E-state index in [1.165, 1.54) is 97.3 Å². The van der Waals surface area contributed by atoms with Crippen LogP contribution in [0.15, 0.2) is 109 Å². The van der Waals surface area contributed by atoms with Crippen molar-refractivity contribution in [1.29, 1.82) is 0 Å². The summed E-state index contributed by atoms with van der Waals surface area (Å²) in [7, 11) is 0. The maximum Gasteiger partial charge on any atom is 0.123 e. The van der Waals surface area contributed by atoms with Gasteiger partial charge in [0.05, 0.1) is 0 Å². The average molecular weight is 601 g/mol. The Morgan fingerprint density at radius 2 is 1.37 bits per heavy atom. The first-order valence-corrected chi connectivity index (χ1v) is 17.2. The molecule has 0 N–H and O–H groups in total. The van der Waals surface area contributed by atoms with Crippen molar-refractivity contribution in [2.75, 3.05) is 0 Å². The Morgan fingerprint density at radius 3 is 2.22 bits per heavy atom. The molecular formula is C45H41F. The van der Waals surface area contributed by atoms with E-state index in [-0.39, 0.29) is 28.0 Å². The number of hydrogen-bond acceptors (Lipinski definition) is 0. The lowest BCUT2D eigenvalue weighted by atomic mass is 9.46. The summed E-state index contributed by atoms with van der Waals surface area (Å²) in [6, 6.07) is 39.9. The summed E-state index contributed by atoms with van der Waals surface area (Å²) < 4.78 is 14.1. The molecule has 6 aromatic carbocycles. The van der Waals surface area contributed by atoms with Crippen LogP contribution < -0.4 is 0 Å². The Hall–Kier alpha value is -4.23. The maximum atomic E-state index is 14.1. The quantitative estimate of drug-likeness (QED) is 0.173. The molecular weight excluding hydrogens is 559 g/mol. The average Bonchev–Trinajstić information content (AvgIpc) is 3.29. The summed E-state index contributed by atoms with van der Waals surface area (Å²) >= 11 is 0. The molecule has 1 saturated carbocycles. The predicted molar refractivity (Wildman–Crippen MR) is 191 cm³/mol. The van der Waals surface area contributed by atoms with E-state index in [9.17, 15) is 4.39 Å². The Morgan fingerprint density at radius 1 is 0.630 bits per heavy atom. The van der Waals surface area contributed by atoms with Crippen molar-refractivity contribution in [3.63, 3.8) is 0 Å². The van der Waals surface area contributed by atoms with Gasteiger partial charge in [-0.3, -0.25) is 0 Å². The molecule has 0 heterocycles.